The molecule has 0 radical (unpaired) electrons. The molecule has 1 atom stereocenters. The zero-order valence-electron chi connectivity index (χ0n) is 8.73. The standard InChI is InChI=1S/C12H17NO/c1-9(2)11(8-12(13)14)10-6-4-3-5-7-10/h3-7,9,11H,8H2,1-2H3,(H2,13,14). The molecule has 0 fully saturated rings. The van der Waals surface area contributed by atoms with E-state index in [4.69, 9.17) is 5.73 Å². The Hall–Kier alpha value is -1.31. The number of rotatable bonds is 4. The van der Waals surface area contributed by atoms with Gasteiger partial charge >= 0.3 is 0 Å². The summed E-state index contributed by atoms with van der Waals surface area (Å²) in [7, 11) is 0. The molecule has 0 heterocycles. The van der Waals surface area contributed by atoms with Gasteiger partial charge in [-0.25, -0.2) is 0 Å². The second-order valence-electron chi connectivity index (χ2n) is 3.93. The van der Waals surface area contributed by atoms with Gasteiger partial charge in [-0.05, 0) is 17.4 Å². The lowest BCUT2D eigenvalue weighted by atomic mass is 9.86. The molecule has 1 unspecified atom stereocenters. The highest BCUT2D eigenvalue weighted by Gasteiger charge is 2.17. The minimum atomic E-state index is -0.229. The highest BCUT2D eigenvalue weighted by atomic mass is 16.1. The summed E-state index contributed by atoms with van der Waals surface area (Å²) in [4.78, 5) is 10.9. The van der Waals surface area contributed by atoms with Crippen LogP contribution in [-0.4, -0.2) is 5.91 Å². The Kier molecular flexibility index (Phi) is 3.69. The molecule has 2 nitrogen and oxygen atoms in total. The van der Waals surface area contributed by atoms with E-state index in [1.54, 1.807) is 0 Å². The predicted molar refractivity (Wildman–Crippen MR) is 57.8 cm³/mol. The topological polar surface area (TPSA) is 43.1 Å². The average molecular weight is 191 g/mol. The molecular formula is C12H17NO. The summed E-state index contributed by atoms with van der Waals surface area (Å²) in [6.07, 6.45) is 0.432. The van der Waals surface area contributed by atoms with E-state index in [1.807, 2.05) is 30.3 Å². The monoisotopic (exact) mass is 191 g/mol. The van der Waals surface area contributed by atoms with E-state index in [9.17, 15) is 4.79 Å². The number of benzene rings is 1. The third kappa shape index (κ3) is 2.87. The fraction of sp³-hybridized carbons (Fsp3) is 0.417. The van der Waals surface area contributed by atoms with E-state index in [0.717, 1.165) is 0 Å². The van der Waals surface area contributed by atoms with Gasteiger partial charge in [0.05, 0.1) is 0 Å². The van der Waals surface area contributed by atoms with Gasteiger partial charge in [-0.1, -0.05) is 44.2 Å². The van der Waals surface area contributed by atoms with Crippen LogP contribution in [0.3, 0.4) is 0 Å². The van der Waals surface area contributed by atoms with Crippen molar-refractivity contribution in [2.24, 2.45) is 11.7 Å². The van der Waals surface area contributed by atoms with Crippen molar-refractivity contribution in [3.63, 3.8) is 0 Å². The number of nitrogens with two attached hydrogens (primary N) is 1. The van der Waals surface area contributed by atoms with Crippen molar-refractivity contribution in [2.45, 2.75) is 26.2 Å². The van der Waals surface area contributed by atoms with Crippen molar-refractivity contribution < 1.29 is 4.79 Å². The third-order valence-electron chi connectivity index (χ3n) is 2.45. The maximum Gasteiger partial charge on any atom is 0.218 e. The van der Waals surface area contributed by atoms with Crippen LogP contribution in [0.4, 0.5) is 0 Å². The van der Waals surface area contributed by atoms with E-state index in [-0.39, 0.29) is 11.8 Å². The molecule has 1 aromatic rings. The zero-order valence-corrected chi connectivity index (χ0v) is 8.73. The van der Waals surface area contributed by atoms with Crippen LogP contribution in [0.15, 0.2) is 30.3 Å². The first-order valence-corrected chi connectivity index (χ1v) is 4.94. The second-order valence-corrected chi connectivity index (χ2v) is 3.93. The third-order valence-corrected chi connectivity index (χ3v) is 2.45. The van der Waals surface area contributed by atoms with Crippen molar-refractivity contribution >= 4 is 5.91 Å². The summed E-state index contributed by atoms with van der Waals surface area (Å²) in [5, 5.41) is 0. The van der Waals surface area contributed by atoms with Crippen molar-refractivity contribution in [1.82, 2.24) is 0 Å². The number of carbonyl (C=O) groups excluding carboxylic acids is 1. The highest BCUT2D eigenvalue weighted by Crippen LogP contribution is 2.27. The molecule has 1 amide bonds. The van der Waals surface area contributed by atoms with Gasteiger partial charge in [0.1, 0.15) is 0 Å². The molecule has 76 valence electrons. The molecule has 2 N–H and O–H groups in total. The van der Waals surface area contributed by atoms with Crippen LogP contribution in [0.1, 0.15) is 31.7 Å². The molecular weight excluding hydrogens is 174 g/mol. The molecule has 0 aliphatic heterocycles. The van der Waals surface area contributed by atoms with Crippen molar-refractivity contribution in [3.05, 3.63) is 35.9 Å². The van der Waals surface area contributed by atoms with Crippen molar-refractivity contribution in [3.8, 4) is 0 Å². The van der Waals surface area contributed by atoms with Crippen LogP contribution in [-0.2, 0) is 4.79 Å². The van der Waals surface area contributed by atoms with Crippen LogP contribution in [0, 0.1) is 5.92 Å². The minimum Gasteiger partial charge on any atom is -0.370 e. The van der Waals surface area contributed by atoms with Gasteiger partial charge in [0, 0.05) is 6.42 Å². The molecule has 14 heavy (non-hydrogen) atoms. The number of hydrogen-bond donors (Lipinski definition) is 1. The van der Waals surface area contributed by atoms with Crippen LogP contribution in [0.5, 0.6) is 0 Å². The summed E-state index contributed by atoms with van der Waals surface area (Å²) in [6.45, 7) is 4.22. The molecule has 0 aliphatic carbocycles. The largest absolute Gasteiger partial charge is 0.370 e. The summed E-state index contributed by atoms with van der Waals surface area (Å²) in [5.41, 5.74) is 6.43. The van der Waals surface area contributed by atoms with Crippen LogP contribution >= 0.6 is 0 Å². The van der Waals surface area contributed by atoms with Crippen LogP contribution < -0.4 is 5.73 Å². The Balaban J connectivity index is 2.83. The van der Waals surface area contributed by atoms with E-state index in [0.29, 0.717) is 12.3 Å². The van der Waals surface area contributed by atoms with Gasteiger partial charge in [-0.15, -0.1) is 0 Å². The Morgan fingerprint density at radius 2 is 1.86 bits per heavy atom. The smallest absolute Gasteiger partial charge is 0.218 e. The highest BCUT2D eigenvalue weighted by molar-refractivity contribution is 5.74. The summed E-state index contributed by atoms with van der Waals surface area (Å²) in [6, 6.07) is 10.1. The van der Waals surface area contributed by atoms with E-state index >= 15 is 0 Å². The first-order valence-electron chi connectivity index (χ1n) is 4.94. The Morgan fingerprint density at radius 1 is 1.29 bits per heavy atom. The van der Waals surface area contributed by atoms with Gasteiger partial charge in [-0.3, -0.25) is 4.79 Å². The maximum absolute atomic E-state index is 10.9. The molecule has 0 saturated heterocycles. The average Bonchev–Trinajstić information content (AvgIpc) is 2.15. The van der Waals surface area contributed by atoms with Gasteiger partial charge in [0.2, 0.25) is 5.91 Å². The second kappa shape index (κ2) is 4.80. The SMILES string of the molecule is CC(C)C(CC(N)=O)c1ccccc1. The van der Waals surface area contributed by atoms with E-state index in [1.165, 1.54) is 5.56 Å². The minimum absolute atomic E-state index is 0.229. The Bertz CT molecular complexity index is 292. The first kappa shape index (κ1) is 10.8. The molecule has 0 aromatic heterocycles. The summed E-state index contributed by atoms with van der Waals surface area (Å²) in [5.74, 6) is 0.450. The quantitative estimate of drug-likeness (QED) is 0.779. The molecule has 1 aromatic carbocycles. The van der Waals surface area contributed by atoms with Crippen molar-refractivity contribution in [2.75, 3.05) is 0 Å². The predicted octanol–water partition coefficient (Wildman–Crippen LogP) is 2.30. The van der Waals surface area contributed by atoms with Crippen LogP contribution in [0.2, 0.25) is 0 Å². The van der Waals surface area contributed by atoms with Gasteiger partial charge in [0.15, 0.2) is 0 Å². The van der Waals surface area contributed by atoms with E-state index < -0.39 is 0 Å². The molecule has 0 aliphatic rings. The fourth-order valence-corrected chi connectivity index (χ4v) is 1.66. The molecule has 0 saturated carbocycles. The lowest BCUT2D eigenvalue weighted by Crippen LogP contribution is -2.18. The van der Waals surface area contributed by atoms with E-state index in [2.05, 4.69) is 13.8 Å². The van der Waals surface area contributed by atoms with Crippen LogP contribution in [0.25, 0.3) is 0 Å². The lowest BCUT2D eigenvalue weighted by molar-refractivity contribution is -0.118. The Morgan fingerprint density at radius 3 is 2.29 bits per heavy atom. The molecule has 1 rings (SSSR count). The normalized spacial score (nSPS) is 12.8. The summed E-state index contributed by atoms with van der Waals surface area (Å²) >= 11 is 0. The lowest BCUT2D eigenvalue weighted by Gasteiger charge is -2.19. The van der Waals surface area contributed by atoms with Gasteiger partial charge in [0.25, 0.3) is 0 Å². The molecule has 0 spiro atoms. The molecule has 2 heteroatoms. The van der Waals surface area contributed by atoms with Crippen molar-refractivity contribution in [1.29, 1.82) is 0 Å². The number of carbonyl (C=O) groups is 1. The number of primary amides is 1. The van der Waals surface area contributed by atoms with Gasteiger partial charge < -0.3 is 5.73 Å². The van der Waals surface area contributed by atoms with Gasteiger partial charge in [-0.2, -0.15) is 0 Å². The summed E-state index contributed by atoms with van der Waals surface area (Å²) < 4.78 is 0. The zero-order chi connectivity index (χ0) is 10.6. The maximum atomic E-state index is 10.9. The number of amides is 1. The number of hydrogen-bond acceptors (Lipinski definition) is 1. The first-order chi connectivity index (χ1) is 6.61. The Labute approximate surface area is 85.1 Å². The fourth-order valence-electron chi connectivity index (χ4n) is 1.66. The molecule has 0 bridgehead atoms.